The first-order chi connectivity index (χ1) is 11.6. The lowest BCUT2D eigenvalue weighted by molar-refractivity contribution is -0.115. The highest BCUT2D eigenvalue weighted by Crippen LogP contribution is 2.32. The van der Waals surface area contributed by atoms with Crippen LogP contribution in [0.3, 0.4) is 0 Å². The van der Waals surface area contributed by atoms with Crippen LogP contribution < -0.4 is 5.32 Å². The van der Waals surface area contributed by atoms with E-state index in [1.807, 2.05) is 6.92 Å². The van der Waals surface area contributed by atoms with Gasteiger partial charge in [0.2, 0.25) is 5.91 Å². The number of fused-ring (bicyclic) bond motifs is 1. The number of aromatic amines is 1. The van der Waals surface area contributed by atoms with Crippen molar-refractivity contribution in [1.29, 1.82) is 0 Å². The van der Waals surface area contributed by atoms with E-state index < -0.39 is 0 Å². The Kier molecular flexibility index (Phi) is 5.23. The van der Waals surface area contributed by atoms with Gasteiger partial charge in [0.25, 0.3) is 0 Å². The fourth-order valence-corrected chi connectivity index (χ4v) is 3.43. The molecule has 1 atom stereocenters. The van der Waals surface area contributed by atoms with Gasteiger partial charge in [0.05, 0.1) is 27.3 Å². The third kappa shape index (κ3) is 3.48. The van der Waals surface area contributed by atoms with Crippen molar-refractivity contribution in [3.05, 3.63) is 40.9 Å². The van der Waals surface area contributed by atoms with Gasteiger partial charge in [-0.1, -0.05) is 48.0 Å². The number of thioether (sulfide) groups is 1. The van der Waals surface area contributed by atoms with E-state index in [-0.39, 0.29) is 11.2 Å². The van der Waals surface area contributed by atoms with E-state index in [1.165, 1.54) is 18.1 Å². The number of benzene rings is 1. The van der Waals surface area contributed by atoms with Crippen LogP contribution in [0, 0.1) is 0 Å². The van der Waals surface area contributed by atoms with E-state index >= 15 is 0 Å². The maximum Gasteiger partial charge on any atom is 0.237 e. The zero-order valence-electron chi connectivity index (χ0n) is 12.6. The summed E-state index contributed by atoms with van der Waals surface area (Å²) in [6.07, 6.45) is 3.61. The molecule has 1 aromatic carbocycles. The minimum Gasteiger partial charge on any atom is -0.341 e. The first-order valence-electron chi connectivity index (χ1n) is 7.15. The van der Waals surface area contributed by atoms with E-state index in [4.69, 9.17) is 23.2 Å². The van der Waals surface area contributed by atoms with Crippen LogP contribution in [-0.4, -0.2) is 31.1 Å². The molecule has 9 heteroatoms. The summed E-state index contributed by atoms with van der Waals surface area (Å²) < 4.78 is 0. The molecule has 6 nitrogen and oxygen atoms in total. The Hall–Kier alpha value is -1.83. The summed E-state index contributed by atoms with van der Waals surface area (Å²) in [5.41, 5.74) is 1.78. The van der Waals surface area contributed by atoms with Crippen LogP contribution in [0.5, 0.6) is 0 Å². The number of nitrogens with zero attached hydrogens (tertiary/aromatic N) is 3. The Labute approximate surface area is 152 Å². The molecule has 0 spiro atoms. The number of hydrogen-bond acceptors (Lipinski definition) is 5. The first kappa shape index (κ1) is 17.0. The summed E-state index contributed by atoms with van der Waals surface area (Å²) in [6.45, 7) is 1.93. The van der Waals surface area contributed by atoms with E-state index in [2.05, 4.69) is 25.3 Å². The fourth-order valence-electron chi connectivity index (χ4n) is 2.10. The largest absolute Gasteiger partial charge is 0.341 e. The van der Waals surface area contributed by atoms with Crippen molar-refractivity contribution in [3.63, 3.8) is 0 Å². The molecule has 0 saturated heterocycles. The molecule has 24 heavy (non-hydrogen) atoms. The second kappa shape index (κ2) is 7.38. The Balaban J connectivity index is 1.80. The number of amides is 1. The molecule has 0 radical (unpaired) electrons. The van der Waals surface area contributed by atoms with Crippen molar-refractivity contribution >= 4 is 57.7 Å². The van der Waals surface area contributed by atoms with Crippen LogP contribution >= 0.6 is 35.0 Å². The predicted octanol–water partition coefficient (Wildman–Crippen LogP) is 4.17. The third-order valence-corrected chi connectivity index (χ3v) is 5.50. The molecule has 0 bridgehead atoms. The summed E-state index contributed by atoms with van der Waals surface area (Å²) >= 11 is 13.4. The predicted molar refractivity (Wildman–Crippen MR) is 96.7 cm³/mol. The molecule has 124 valence electrons. The van der Waals surface area contributed by atoms with Crippen molar-refractivity contribution < 1.29 is 4.79 Å². The van der Waals surface area contributed by atoms with E-state index in [0.717, 1.165) is 5.52 Å². The number of H-pyrrole nitrogens is 1. The number of nitrogens with one attached hydrogen (secondary N) is 2. The molecular weight excluding hydrogens is 369 g/mol. The Morgan fingerprint density at radius 2 is 2.17 bits per heavy atom. The van der Waals surface area contributed by atoms with Crippen LogP contribution in [-0.2, 0) is 4.79 Å². The molecule has 0 aliphatic heterocycles. The fraction of sp³-hybridized carbons (Fsp3) is 0.200. The maximum atomic E-state index is 12.6. The molecule has 3 rings (SSSR count). The molecule has 2 heterocycles. The van der Waals surface area contributed by atoms with Gasteiger partial charge < -0.3 is 10.3 Å². The SMILES string of the molecule is CC[C@@H](Sc1ncnc2nc[nH]c12)C(=O)Nc1cccc(Cl)c1Cl. The topological polar surface area (TPSA) is 83.6 Å². The van der Waals surface area contributed by atoms with Gasteiger partial charge >= 0.3 is 0 Å². The second-order valence-corrected chi connectivity index (χ2v) is 6.86. The quantitative estimate of drug-likeness (QED) is 0.511. The van der Waals surface area contributed by atoms with Crippen LogP contribution in [0.25, 0.3) is 11.2 Å². The zero-order chi connectivity index (χ0) is 17.1. The molecular formula is C15H13Cl2N5OS. The van der Waals surface area contributed by atoms with Gasteiger partial charge in [0.1, 0.15) is 16.9 Å². The zero-order valence-corrected chi connectivity index (χ0v) is 14.9. The van der Waals surface area contributed by atoms with Gasteiger partial charge in [0, 0.05) is 0 Å². The Morgan fingerprint density at radius 1 is 1.33 bits per heavy atom. The van der Waals surface area contributed by atoms with Crippen LogP contribution in [0.1, 0.15) is 13.3 Å². The molecule has 2 aromatic heterocycles. The van der Waals surface area contributed by atoms with Crippen LogP contribution in [0.2, 0.25) is 10.0 Å². The number of carbonyl (C=O) groups is 1. The third-order valence-electron chi connectivity index (χ3n) is 3.31. The van der Waals surface area contributed by atoms with Gasteiger partial charge in [0.15, 0.2) is 5.65 Å². The molecule has 1 amide bonds. The van der Waals surface area contributed by atoms with Gasteiger partial charge in [-0.25, -0.2) is 15.0 Å². The number of carbonyl (C=O) groups excluding carboxylic acids is 1. The summed E-state index contributed by atoms with van der Waals surface area (Å²) in [6, 6.07) is 5.11. The number of anilines is 1. The van der Waals surface area contributed by atoms with E-state index in [1.54, 1.807) is 24.5 Å². The smallest absolute Gasteiger partial charge is 0.237 e. The average molecular weight is 382 g/mol. The standard InChI is InChI=1S/C15H13Cl2N5OS/c1-2-10(14(23)22-9-5-3-4-8(16)11(9)17)24-15-12-13(19-6-18-12)20-7-21-15/h3-7,10H,2H2,1H3,(H,22,23)(H,18,19,20,21)/t10-/m1/s1. The van der Waals surface area contributed by atoms with Crippen molar-refractivity contribution in [3.8, 4) is 0 Å². The Bertz CT molecular complexity index is 885. The molecule has 0 aliphatic carbocycles. The molecule has 0 unspecified atom stereocenters. The molecule has 3 aromatic rings. The lowest BCUT2D eigenvalue weighted by Gasteiger charge is -2.15. The number of rotatable bonds is 5. The van der Waals surface area contributed by atoms with Crippen molar-refractivity contribution in [2.24, 2.45) is 0 Å². The lowest BCUT2D eigenvalue weighted by Crippen LogP contribution is -2.24. The highest BCUT2D eigenvalue weighted by molar-refractivity contribution is 8.00. The summed E-state index contributed by atoms with van der Waals surface area (Å²) in [4.78, 5) is 28.0. The molecule has 0 fully saturated rings. The highest BCUT2D eigenvalue weighted by atomic mass is 35.5. The normalized spacial score (nSPS) is 12.3. The minimum atomic E-state index is -0.346. The van der Waals surface area contributed by atoms with Crippen LogP contribution in [0.4, 0.5) is 5.69 Å². The molecule has 0 saturated carbocycles. The minimum absolute atomic E-state index is 0.169. The van der Waals surface area contributed by atoms with Crippen LogP contribution in [0.15, 0.2) is 35.9 Å². The second-order valence-electron chi connectivity index (χ2n) is 4.89. The van der Waals surface area contributed by atoms with Gasteiger partial charge in [-0.2, -0.15) is 0 Å². The van der Waals surface area contributed by atoms with Gasteiger partial charge in [-0.3, -0.25) is 4.79 Å². The van der Waals surface area contributed by atoms with Crippen molar-refractivity contribution in [1.82, 2.24) is 19.9 Å². The van der Waals surface area contributed by atoms with Crippen molar-refractivity contribution in [2.75, 3.05) is 5.32 Å². The van der Waals surface area contributed by atoms with Crippen molar-refractivity contribution in [2.45, 2.75) is 23.6 Å². The highest BCUT2D eigenvalue weighted by Gasteiger charge is 2.21. The first-order valence-corrected chi connectivity index (χ1v) is 8.79. The molecule has 0 aliphatic rings. The summed E-state index contributed by atoms with van der Waals surface area (Å²) in [5, 5.41) is 3.87. The lowest BCUT2D eigenvalue weighted by atomic mass is 10.2. The maximum absolute atomic E-state index is 12.6. The monoisotopic (exact) mass is 381 g/mol. The van der Waals surface area contributed by atoms with E-state index in [0.29, 0.717) is 32.8 Å². The number of imidazole rings is 1. The Morgan fingerprint density at radius 3 is 2.96 bits per heavy atom. The number of halogens is 2. The average Bonchev–Trinajstić information content (AvgIpc) is 3.06. The van der Waals surface area contributed by atoms with Gasteiger partial charge in [-0.15, -0.1) is 0 Å². The molecule has 2 N–H and O–H groups in total. The number of aromatic nitrogens is 4. The van der Waals surface area contributed by atoms with E-state index in [9.17, 15) is 4.79 Å². The number of hydrogen-bond donors (Lipinski definition) is 2. The summed E-state index contributed by atoms with van der Waals surface area (Å²) in [7, 11) is 0. The summed E-state index contributed by atoms with van der Waals surface area (Å²) in [5.74, 6) is -0.169. The van der Waals surface area contributed by atoms with Gasteiger partial charge in [-0.05, 0) is 18.6 Å².